The zero-order valence-corrected chi connectivity index (χ0v) is 15.9. The minimum absolute atomic E-state index is 0.0311. The molecule has 136 valence electrons. The van der Waals surface area contributed by atoms with Gasteiger partial charge in [0.25, 0.3) is 0 Å². The summed E-state index contributed by atoms with van der Waals surface area (Å²) in [6.07, 6.45) is 1.48. The van der Waals surface area contributed by atoms with Crippen LogP contribution in [0.3, 0.4) is 0 Å². The first kappa shape index (κ1) is 20.3. The summed E-state index contributed by atoms with van der Waals surface area (Å²) < 4.78 is 10.7. The van der Waals surface area contributed by atoms with E-state index < -0.39 is 5.41 Å². The van der Waals surface area contributed by atoms with Crippen molar-refractivity contribution in [3.8, 4) is 11.5 Å². The van der Waals surface area contributed by atoms with E-state index in [1.165, 1.54) is 0 Å². The third-order valence-corrected chi connectivity index (χ3v) is 5.08. The van der Waals surface area contributed by atoms with Crippen molar-refractivity contribution in [2.24, 2.45) is 11.1 Å². The Morgan fingerprint density at radius 2 is 1.71 bits per heavy atom. The fourth-order valence-electron chi connectivity index (χ4n) is 2.80. The number of ether oxygens (including phenoxy) is 2. The second-order valence-electron chi connectivity index (χ2n) is 6.83. The molecule has 0 unspecified atom stereocenters. The second-order valence-corrected chi connectivity index (χ2v) is 6.83. The molecule has 0 heterocycles. The van der Waals surface area contributed by atoms with E-state index in [-0.39, 0.29) is 11.3 Å². The molecular formula is C19H32N2O3. The third-order valence-electron chi connectivity index (χ3n) is 5.08. The average molecular weight is 336 g/mol. The van der Waals surface area contributed by atoms with E-state index in [4.69, 9.17) is 15.2 Å². The van der Waals surface area contributed by atoms with Crippen LogP contribution in [0.4, 0.5) is 0 Å². The van der Waals surface area contributed by atoms with Crippen molar-refractivity contribution in [3.05, 3.63) is 23.8 Å². The largest absolute Gasteiger partial charge is 0.493 e. The number of amides is 1. The Labute approximate surface area is 145 Å². The van der Waals surface area contributed by atoms with E-state index in [0.717, 1.165) is 18.4 Å². The molecule has 0 aliphatic heterocycles. The lowest BCUT2D eigenvalue weighted by atomic mass is 9.80. The van der Waals surface area contributed by atoms with Gasteiger partial charge in [-0.3, -0.25) is 4.79 Å². The molecule has 1 aromatic rings. The minimum Gasteiger partial charge on any atom is -0.493 e. The summed E-state index contributed by atoms with van der Waals surface area (Å²) in [5.74, 6) is 1.41. The van der Waals surface area contributed by atoms with Gasteiger partial charge < -0.3 is 20.5 Å². The number of benzene rings is 1. The Bertz CT molecular complexity index is 543. The highest BCUT2D eigenvalue weighted by Gasteiger charge is 2.34. The Hall–Kier alpha value is -1.75. The number of hydrogen-bond acceptors (Lipinski definition) is 4. The van der Waals surface area contributed by atoms with Gasteiger partial charge in [-0.25, -0.2) is 0 Å². The number of methoxy groups -OCH3 is 2. The topological polar surface area (TPSA) is 73.6 Å². The molecule has 0 aromatic heterocycles. The fraction of sp³-hybridized carbons (Fsp3) is 0.632. The number of nitrogens with one attached hydrogen (secondary N) is 1. The van der Waals surface area contributed by atoms with Crippen LogP contribution in [0.2, 0.25) is 0 Å². The van der Waals surface area contributed by atoms with Crippen LogP contribution >= 0.6 is 0 Å². The molecule has 3 N–H and O–H groups in total. The van der Waals surface area contributed by atoms with Crippen LogP contribution in [0.25, 0.3) is 0 Å². The van der Waals surface area contributed by atoms with Crippen LogP contribution in [-0.2, 0) is 10.2 Å². The van der Waals surface area contributed by atoms with Gasteiger partial charge in [-0.05, 0) is 30.5 Å². The van der Waals surface area contributed by atoms with Crippen molar-refractivity contribution < 1.29 is 14.3 Å². The molecule has 1 rings (SSSR count). The van der Waals surface area contributed by atoms with Gasteiger partial charge in [0.15, 0.2) is 11.5 Å². The van der Waals surface area contributed by atoms with Crippen molar-refractivity contribution in [2.45, 2.75) is 46.0 Å². The summed E-state index contributed by atoms with van der Waals surface area (Å²) in [5, 5.41) is 3.09. The Balaban J connectivity index is 2.92. The van der Waals surface area contributed by atoms with E-state index in [1.807, 2.05) is 32.0 Å². The van der Waals surface area contributed by atoms with Crippen molar-refractivity contribution in [1.29, 1.82) is 0 Å². The van der Waals surface area contributed by atoms with Gasteiger partial charge in [0.05, 0.1) is 19.6 Å². The summed E-state index contributed by atoms with van der Waals surface area (Å²) in [6, 6.07) is 5.85. The van der Waals surface area contributed by atoms with Gasteiger partial charge in [-0.15, -0.1) is 0 Å². The summed E-state index contributed by atoms with van der Waals surface area (Å²) in [4.78, 5) is 12.6. The molecule has 1 amide bonds. The Morgan fingerprint density at radius 1 is 1.12 bits per heavy atom. The van der Waals surface area contributed by atoms with E-state index in [9.17, 15) is 4.79 Å². The Morgan fingerprint density at radius 3 is 2.17 bits per heavy atom. The van der Waals surface area contributed by atoms with Gasteiger partial charge in [0.2, 0.25) is 5.91 Å². The molecule has 0 bridgehead atoms. The van der Waals surface area contributed by atoms with Crippen LogP contribution in [0.5, 0.6) is 11.5 Å². The van der Waals surface area contributed by atoms with Crippen molar-refractivity contribution in [2.75, 3.05) is 27.3 Å². The van der Waals surface area contributed by atoms with Gasteiger partial charge in [0.1, 0.15) is 0 Å². The van der Waals surface area contributed by atoms with Gasteiger partial charge >= 0.3 is 0 Å². The summed E-state index contributed by atoms with van der Waals surface area (Å²) in [6.45, 7) is 9.10. The first-order chi connectivity index (χ1) is 11.3. The van der Waals surface area contributed by atoms with Crippen LogP contribution in [0.1, 0.15) is 46.1 Å². The zero-order chi connectivity index (χ0) is 18.4. The molecule has 0 aliphatic carbocycles. The lowest BCUT2D eigenvalue weighted by Gasteiger charge is -2.32. The van der Waals surface area contributed by atoms with Crippen LogP contribution < -0.4 is 20.5 Å². The third kappa shape index (κ3) is 4.20. The van der Waals surface area contributed by atoms with E-state index >= 15 is 0 Å². The first-order valence-corrected chi connectivity index (χ1v) is 8.51. The highest BCUT2D eigenvalue weighted by atomic mass is 16.5. The summed E-state index contributed by atoms with van der Waals surface area (Å²) >= 11 is 0. The standard InChI is InChI=1S/C19H32N2O3/c1-7-19(8-2,12-20)17(22)21-13-18(3,4)14-9-10-15(23-5)16(11-14)24-6/h9-11H,7-8,12-13,20H2,1-6H3,(H,21,22). The molecule has 5 nitrogen and oxygen atoms in total. The minimum atomic E-state index is -0.478. The molecule has 0 aliphatic rings. The number of carbonyl (C=O) groups is 1. The molecule has 0 saturated carbocycles. The van der Waals surface area contributed by atoms with Gasteiger partial charge in [-0.2, -0.15) is 0 Å². The summed E-state index contributed by atoms with van der Waals surface area (Å²) in [7, 11) is 3.24. The zero-order valence-electron chi connectivity index (χ0n) is 15.9. The monoisotopic (exact) mass is 336 g/mol. The molecule has 0 saturated heterocycles. The number of rotatable bonds is 9. The number of carbonyl (C=O) groups excluding carboxylic acids is 1. The van der Waals surface area contributed by atoms with E-state index in [1.54, 1.807) is 14.2 Å². The molecule has 24 heavy (non-hydrogen) atoms. The highest BCUT2D eigenvalue weighted by molar-refractivity contribution is 5.82. The number of nitrogens with two attached hydrogens (primary N) is 1. The maximum absolute atomic E-state index is 12.6. The lowest BCUT2D eigenvalue weighted by Crippen LogP contribution is -2.48. The normalized spacial score (nSPS) is 12.0. The number of hydrogen-bond donors (Lipinski definition) is 2. The van der Waals surface area contributed by atoms with E-state index in [0.29, 0.717) is 24.6 Å². The van der Waals surface area contributed by atoms with Crippen LogP contribution in [0, 0.1) is 5.41 Å². The van der Waals surface area contributed by atoms with Crippen LogP contribution in [0.15, 0.2) is 18.2 Å². The quantitative estimate of drug-likeness (QED) is 0.727. The molecular weight excluding hydrogens is 304 g/mol. The maximum Gasteiger partial charge on any atom is 0.227 e. The summed E-state index contributed by atoms with van der Waals surface area (Å²) in [5.41, 5.74) is 6.22. The lowest BCUT2D eigenvalue weighted by molar-refractivity contribution is -0.131. The molecule has 0 spiro atoms. The van der Waals surface area contributed by atoms with Crippen LogP contribution in [-0.4, -0.2) is 33.2 Å². The molecule has 5 heteroatoms. The smallest absolute Gasteiger partial charge is 0.227 e. The van der Waals surface area contributed by atoms with Gasteiger partial charge in [-0.1, -0.05) is 33.8 Å². The molecule has 1 aromatic carbocycles. The SMILES string of the molecule is CCC(CC)(CN)C(=O)NCC(C)(C)c1ccc(OC)c(OC)c1. The van der Waals surface area contributed by atoms with Crippen molar-refractivity contribution >= 4 is 5.91 Å². The fourth-order valence-corrected chi connectivity index (χ4v) is 2.80. The van der Waals surface area contributed by atoms with Gasteiger partial charge in [0, 0.05) is 18.5 Å². The molecule has 0 fully saturated rings. The predicted molar refractivity (Wildman–Crippen MR) is 97.7 cm³/mol. The maximum atomic E-state index is 12.6. The van der Waals surface area contributed by atoms with E-state index in [2.05, 4.69) is 19.2 Å². The van der Waals surface area contributed by atoms with Crippen molar-refractivity contribution in [3.63, 3.8) is 0 Å². The molecule has 0 atom stereocenters. The second kappa shape index (κ2) is 8.38. The van der Waals surface area contributed by atoms with Crippen molar-refractivity contribution in [1.82, 2.24) is 5.32 Å². The predicted octanol–water partition coefficient (Wildman–Crippen LogP) is 2.86. The molecule has 0 radical (unpaired) electrons. The first-order valence-electron chi connectivity index (χ1n) is 8.51. The Kier molecular flexibility index (Phi) is 7.08. The average Bonchev–Trinajstić information content (AvgIpc) is 2.61. The highest BCUT2D eigenvalue weighted by Crippen LogP contribution is 2.33.